The second-order valence-electron chi connectivity index (χ2n) is 5.04. The molecule has 0 radical (unpaired) electrons. The van der Waals surface area contributed by atoms with Gasteiger partial charge in [-0.25, -0.2) is 0 Å². The van der Waals surface area contributed by atoms with E-state index in [4.69, 9.17) is 0 Å². The molecule has 1 amide bonds. The fourth-order valence-electron chi connectivity index (χ4n) is 2.64. The Morgan fingerprint density at radius 2 is 1.95 bits per heavy atom. The number of hydrogen-bond acceptors (Lipinski definition) is 3. The van der Waals surface area contributed by atoms with Crippen LogP contribution >= 0.6 is 0 Å². The first-order chi connectivity index (χ1) is 9.56. The average molecular weight is 273 g/mol. The molecule has 1 aromatic rings. The maximum absolute atomic E-state index is 12.2. The van der Waals surface area contributed by atoms with Crippen molar-refractivity contribution in [2.45, 2.75) is 39.3 Å². The fraction of sp³-hybridized carbons (Fsp3) is 0.375. The molecule has 0 bridgehead atoms. The van der Waals surface area contributed by atoms with E-state index in [2.05, 4.69) is 0 Å². The third kappa shape index (κ3) is 2.59. The van der Waals surface area contributed by atoms with Crippen LogP contribution in [0.5, 0.6) is 0 Å². The summed E-state index contributed by atoms with van der Waals surface area (Å²) in [5.41, 5.74) is 1.24. The number of benzene rings is 1. The normalized spacial score (nSPS) is 18.8. The summed E-state index contributed by atoms with van der Waals surface area (Å²) in [6.07, 6.45) is 1.52. The van der Waals surface area contributed by atoms with E-state index in [9.17, 15) is 14.7 Å². The van der Waals surface area contributed by atoms with Crippen LogP contribution in [-0.2, 0) is 16.1 Å². The van der Waals surface area contributed by atoms with Crippen molar-refractivity contribution in [2.24, 2.45) is 0 Å². The maximum atomic E-state index is 12.2. The lowest BCUT2D eigenvalue weighted by Gasteiger charge is -2.26. The van der Waals surface area contributed by atoms with Gasteiger partial charge in [-0.3, -0.25) is 9.59 Å². The molecular formula is C16H19NO3. The highest BCUT2D eigenvalue weighted by molar-refractivity contribution is 6.07. The molecule has 1 N–H and O–H groups in total. The molecule has 0 fully saturated rings. The Labute approximate surface area is 118 Å². The highest BCUT2D eigenvalue weighted by atomic mass is 16.3. The van der Waals surface area contributed by atoms with Crippen molar-refractivity contribution >= 4 is 11.7 Å². The van der Waals surface area contributed by atoms with Crippen LogP contribution in [0, 0.1) is 0 Å². The van der Waals surface area contributed by atoms with Crippen LogP contribution in [0.3, 0.4) is 0 Å². The van der Waals surface area contributed by atoms with Gasteiger partial charge in [-0.15, -0.1) is 0 Å². The van der Waals surface area contributed by atoms with E-state index < -0.39 is 5.91 Å². The number of aliphatic hydroxyl groups is 1. The number of carbonyl (C=O) groups is 2. The minimum absolute atomic E-state index is 0.232. The second kappa shape index (κ2) is 5.90. The van der Waals surface area contributed by atoms with Crippen molar-refractivity contribution in [1.29, 1.82) is 0 Å². The van der Waals surface area contributed by atoms with E-state index >= 15 is 0 Å². The van der Waals surface area contributed by atoms with E-state index in [1.54, 1.807) is 4.90 Å². The van der Waals surface area contributed by atoms with Crippen molar-refractivity contribution in [3.63, 3.8) is 0 Å². The molecule has 0 saturated carbocycles. The topological polar surface area (TPSA) is 57.6 Å². The highest BCUT2D eigenvalue weighted by Gasteiger charge is 2.40. The summed E-state index contributed by atoms with van der Waals surface area (Å²) in [5.74, 6) is -1.06. The monoisotopic (exact) mass is 273 g/mol. The first kappa shape index (κ1) is 14.3. The number of nitrogens with zero attached hydrogens (tertiary/aromatic N) is 1. The van der Waals surface area contributed by atoms with Gasteiger partial charge < -0.3 is 10.0 Å². The predicted octanol–water partition coefficient (Wildman–Crippen LogP) is 2.60. The van der Waals surface area contributed by atoms with Gasteiger partial charge in [-0.1, -0.05) is 43.7 Å². The van der Waals surface area contributed by atoms with Gasteiger partial charge >= 0.3 is 0 Å². The van der Waals surface area contributed by atoms with Crippen molar-refractivity contribution in [3.8, 4) is 0 Å². The summed E-state index contributed by atoms with van der Waals surface area (Å²) in [7, 11) is 0. The number of amides is 1. The van der Waals surface area contributed by atoms with Gasteiger partial charge in [0.15, 0.2) is 11.5 Å². The van der Waals surface area contributed by atoms with Gasteiger partial charge in [0.2, 0.25) is 0 Å². The quantitative estimate of drug-likeness (QED) is 0.897. The Hall–Kier alpha value is -2.10. The fourth-order valence-corrected chi connectivity index (χ4v) is 2.64. The Balaban J connectivity index is 2.29. The largest absolute Gasteiger partial charge is 0.503 e. The van der Waals surface area contributed by atoms with Crippen molar-refractivity contribution in [3.05, 3.63) is 47.2 Å². The summed E-state index contributed by atoms with van der Waals surface area (Å²) in [4.78, 5) is 25.5. The number of rotatable bonds is 5. The predicted molar refractivity (Wildman–Crippen MR) is 76.0 cm³/mol. The Morgan fingerprint density at radius 3 is 2.50 bits per heavy atom. The van der Waals surface area contributed by atoms with Crippen LogP contribution in [0.1, 0.15) is 32.3 Å². The SMILES string of the molecule is CCCC1C(C(C)=O)=C(O)C(=O)N1Cc1ccccc1. The highest BCUT2D eigenvalue weighted by Crippen LogP contribution is 2.30. The molecule has 106 valence electrons. The van der Waals surface area contributed by atoms with Gasteiger partial charge in [0.05, 0.1) is 11.6 Å². The van der Waals surface area contributed by atoms with Gasteiger partial charge in [0.25, 0.3) is 5.91 Å². The van der Waals surface area contributed by atoms with E-state index in [0.717, 1.165) is 12.0 Å². The smallest absolute Gasteiger partial charge is 0.290 e. The number of Topliss-reactive ketones (excluding diaryl/α,β-unsaturated/α-hetero) is 1. The zero-order valence-electron chi connectivity index (χ0n) is 11.8. The molecule has 4 nitrogen and oxygen atoms in total. The molecule has 1 aliphatic rings. The van der Waals surface area contributed by atoms with Crippen molar-refractivity contribution < 1.29 is 14.7 Å². The first-order valence-corrected chi connectivity index (χ1v) is 6.85. The Bertz CT molecular complexity index is 548. The lowest BCUT2D eigenvalue weighted by molar-refractivity contribution is -0.130. The van der Waals surface area contributed by atoms with Gasteiger partial charge in [-0.05, 0) is 18.9 Å². The van der Waals surface area contributed by atoms with Crippen LogP contribution in [0.15, 0.2) is 41.7 Å². The number of hydrogen-bond donors (Lipinski definition) is 1. The lowest BCUT2D eigenvalue weighted by atomic mass is 10.00. The molecule has 1 aromatic carbocycles. The Kier molecular flexibility index (Phi) is 4.23. The van der Waals surface area contributed by atoms with Crippen LogP contribution in [0.2, 0.25) is 0 Å². The molecule has 1 unspecified atom stereocenters. The van der Waals surface area contributed by atoms with Crippen LogP contribution in [0.4, 0.5) is 0 Å². The molecule has 0 aromatic heterocycles. The molecule has 1 heterocycles. The van der Waals surface area contributed by atoms with Gasteiger partial charge in [0.1, 0.15) is 0 Å². The van der Waals surface area contributed by atoms with E-state index in [1.165, 1.54) is 6.92 Å². The molecule has 1 aliphatic heterocycles. The van der Waals surface area contributed by atoms with Crippen molar-refractivity contribution in [1.82, 2.24) is 4.90 Å². The van der Waals surface area contributed by atoms with Gasteiger partial charge in [0, 0.05) is 6.54 Å². The summed E-state index contributed by atoms with van der Waals surface area (Å²) >= 11 is 0. The third-order valence-corrected chi connectivity index (χ3v) is 3.57. The minimum atomic E-state index is -0.447. The third-order valence-electron chi connectivity index (χ3n) is 3.57. The number of ketones is 1. The molecule has 20 heavy (non-hydrogen) atoms. The minimum Gasteiger partial charge on any atom is -0.503 e. The number of aliphatic hydroxyl groups excluding tert-OH is 1. The summed E-state index contributed by atoms with van der Waals surface area (Å²) in [5, 5.41) is 9.94. The van der Waals surface area contributed by atoms with Crippen LogP contribution in [-0.4, -0.2) is 27.7 Å². The summed E-state index contributed by atoms with van der Waals surface area (Å²) in [6, 6.07) is 9.27. The molecule has 0 saturated heterocycles. The second-order valence-corrected chi connectivity index (χ2v) is 5.04. The molecule has 2 rings (SSSR count). The molecular weight excluding hydrogens is 254 g/mol. The Morgan fingerprint density at radius 1 is 1.30 bits per heavy atom. The molecule has 0 aliphatic carbocycles. The van der Waals surface area contributed by atoms with Crippen LogP contribution in [0.25, 0.3) is 0 Å². The van der Waals surface area contributed by atoms with Gasteiger partial charge in [-0.2, -0.15) is 0 Å². The van der Waals surface area contributed by atoms with E-state index in [-0.39, 0.29) is 23.2 Å². The van der Waals surface area contributed by atoms with Crippen LogP contribution < -0.4 is 0 Å². The maximum Gasteiger partial charge on any atom is 0.290 e. The summed E-state index contributed by atoms with van der Waals surface area (Å²) < 4.78 is 0. The molecule has 4 heteroatoms. The van der Waals surface area contributed by atoms with Crippen molar-refractivity contribution in [2.75, 3.05) is 0 Å². The first-order valence-electron chi connectivity index (χ1n) is 6.85. The van der Waals surface area contributed by atoms with E-state index in [1.807, 2.05) is 37.3 Å². The average Bonchev–Trinajstić information content (AvgIpc) is 2.65. The molecule has 1 atom stereocenters. The zero-order valence-corrected chi connectivity index (χ0v) is 11.8. The summed E-state index contributed by atoms with van der Waals surface area (Å²) in [6.45, 7) is 3.80. The van der Waals surface area contributed by atoms with E-state index in [0.29, 0.717) is 13.0 Å². The standard InChI is InChI=1S/C16H19NO3/c1-3-7-13-14(11(2)18)15(19)16(20)17(13)10-12-8-5-4-6-9-12/h4-6,8-9,13,19H,3,7,10H2,1-2H3. The molecule has 0 spiro atoms. The zero-order chi connectivity index (χ0) is 14.7. The number of carbonyl (C=O) groups excluding carboxylic acids is 2. The lowest BCUT2D eigenvalue weighted by Crippen LogP contribution is -2.36.